The third-order valence-corrected chi connectivity index (χ3v) is 4.40. The highest BCUT2D eigenvalue weighted by Gasteiger charge is 2.55. The zero-order valence-corrected chi connectivity index (χ0v) is 10.7. The summed E-state index contributed by atoms with van der Waals surface area (Å²) >= 11 is 0. The first kappa shape index (κ1) is 12.3. The predicted octanol–water partition coefficient (Wildman–Crippen LogP) is 2.61. The van der Waals surface area contributed by atoms with Crippen molar-refractivity contribution in [2.45, 2.75) is 45.1 Å². The highest BCUT2D eigenvalue weighted by Crippen LogP contribution is 2.52. The summed E-state index contributed by atoms with van der Waals surface area (Å²) < 4.78 is 0. The smallest absolute Gasteiger partial charge is 0.133 e. The van der Waals surface area contributed by atoms with Crippen LogP contribution in [0, 0.1) is 12.3 Å². The number of aliphatic hydroxyl groups is 1. The van der Waals surface area contributed by atoms with E-state index in [1.807, 2.05) is 31.2 Å². The van der Waals surface area contributed by atoms with Crippen LogP contribution in [0.25, 0.3) is 0 Å². The second kappa shape index (κ2) is 3.95. The Morgan fingerprint density at radius 3 is 2.29 bits per heavy atom. The molecule has 2 heteroatoms. The molecule has 0 unspecified atom stereocenters. The molecule has 2 nitrogen and oxygen atoms in total. The first-order chi connectivity index (χ1) is 7.94. The van der Waals surface area contributed by atoms with Gasteiger partial charge in [0.05, 0.1) is 11.5 Å². The molecule has 0 saturated heterocycles. The van der Waals surface area contributed by atoms with Gasteiger partial charge >= 0.3 is 0 Å². The Morgan fingerprint density at radius 1 is 1.29 bits per heavy atom. The van der Waals surface area contributed by atoms with Crippen molar-refractivity contribution in [3.05, 3.63) is 35.4 Å². The summed E-state index contributed by atoms with van der Waals surface area (Å²) in [6.07, 6.45) is 1.95. The van der Waals surface area contributed by atoms with E-state index in [4.69, 9.17) is 0 Å². The first-order valence-electron chi connectivity index (χ1n) is 6.15. The van der Waals surface area contributed by atoms with Crippen LogP contribution in [-0.4, -0.2) is 17.5 Å². The molecule has 0 aromatic heterocycles. The number of aryl methyl sites for hydroxylation is 1. The van der Waals surface area contributed by atoms with Crippen LogP contribution in [0.1, 0.15) is 37.8 Å². The monoisotopic (exact) mass is 232 g/mol. The lowest BCUT2D eigenvalue weighted by molar-refractivity contribution is -0.119. The maximum absolute atomic E-state index is 11.7. The lowest BCUT2D eigenvalue weighted by Crippen LogP contribution is -2.46. The van der Waals surface area contributed by atoms with Crippen LogP contribution in [0.15, 0.2) is 24.3 Å². The van der Waals surface area contributed by atoms with Crippen molar-refractivity contribution >= 4 is 6.29 Å². The Kier molecular flexibility index (Phi) is 2.86. The molecule has 1 aromatic carbocycles. The molecule has 1 saturated carbocycles. The fourth-order valence-corrected chi connectivity index (χ4v) is 3.10. The zero-order chi connectivity index (χ0) is 12.7. The molecule has 0 aliphatic heterocycles. The third kappa shape index (κ3) is 1.62. The van der Waals surface area contributed by atoms with E-state index >= 15 is 0 Å². The molecule has 2 atom stereocenters. The molecule has 1 aliphatic carbocycles. The van der Waals surface area contributed by atoms with E-state index in [0.29, 0.717) is 6.42 Å². The minimum absolute atomic E-state index is 0.191. The van der Waals surface area contributed by atoms with Crippen LogP contribution in [-0.2, 0) is 10.2 Å². The van der Waals surface area contributed by atoms with Gasteiger partial charge in [-0.1, -0.05) is 43.7 Å². The molecule has 17 heavy (non-hydrogen) atoms. The number of carbonyl (C=O) groups is 1. The van der Waals surface area contributed by atoms with E-state index in [9.17, 15) is 9.90 Å². The summed E-state index contributed by atoms with van der Waals surface area (Å²) in [6, 6.07) is 7.95. The fourth-order valence-electron chi connectivity index (χ4n) is 3.10. The lowest BCUT2D eigenvalue weighted by Gasteiger charge is -2.39. The van der Waals surface area contributed by atoms with Gasteiger partial charge in [-0.3, -0.25) is 0 Å². The molecule has 0 bridgehead atoms. The van der Waals surface area contributed by atoms with Gasteiger partial charge in [0.2, 0.25) is 0 Å². The van der Waals surface area contributed by atoms with Crippen molar-refractivity contribution in [3.8, 4) is 0 Å². The zero-order valence-electron chi connectivity index (χ0n) is 10.7. The normalized spacial score (nSPS) is 31.4. The van der Waals surface area contributed by atoms with E-state index < -0.39 is 11.5 Å². The number of rotatable bonds is 2. The maximum Gasteiger partial charge on any atom is 0.133 e. The van der Waals surface area contributed by atoms with Crippen molar-refractivity contribution < 1.29 is 9.90 Å². The minimum Gasteiger partial charge on any atom is -0.392 e. The molecule has 1 N–H and O–H groups in total. The highest BCUT2D eigenvalue weighted by atomic mass is 16.3. The first-order valence-corrected chi connectivity index (χ1v) is 6.15. The molecule has 0 spiro atoms. The summed E-state index contributed by atoms with van der Waals surface area (Å²) in [6.45, 7) is 6.16. The average molecular weight is 232 g/mol. The number of aliphatic hydroxyl groups excluding tert-OH is 1. The number of hydrogen-bond donors (Lipinski definition) is 1. The number of benzene rings is 1. The van der Waals surface area contributed by atoms with Crippen LogP contribution in [0.3, 0.4) is 0 Å². The Balaban J connectivity index is 2.57. The van der Waals surface area contributed by atoms with Gasteiger partial charge in [-0.2, -0.15) is 0 Å². The molecule has 92 valence electrons. The van der Waals surface area contributed by atoms with Gasteiger partial charge in [-0.25, -0.2) is 0 Å². The Hall–Kier alpha value is -1.15. The minimum atomic E-state index is -0.749. The standard InChI is InChI=1S/C15H20O2/c1-11-4-6-12(7-5-11)15(10-16)13(17)8-9-14(15,2)3/h4-7,10,13,17H,8-9H2,1-3H3/t13-,15+/m1/s1. The Labute approximate surface area is 103 Å². The third-order valence-electron chi connectivity index (χ3n) is 4.40. The van der Waals surface area contributed by atoms with Crippen LogP contribution >= 0.6 is 0 Å². The van der Waals surface area contributed by atoms with Crippen molar-refractivity contribution in [1.29, 1.82) is 0 Å². The Bertz CT molecular complexity index is 419. The van der Waals surface area contributed by atoms with Gasteiger partial charge in [0, 0.05) is 0 Å². The largest absolute Gasteiger partial charge is 0.392 e. The van der Waals surface area contributed by atoms with Crippen molar-refractivity contribution in [2.75, 3.05) is 0 Å². The van der Waals surface area contributed by atoms with Crippen LogP contribution in [0.5, 0.6) is 0 Å². The highest BCUT2D eigenvalue weighted by molar-refractivity contribution is 5.72. The van der Waals surface area contributed by atoms with Crippen LogP contribution in [0.4, 0.5) is 0 Å². The van der Waals surface area contributed by atoms with Crippen LogP contribution < -0.4 is 0 Å². The predicted molar refractivity (Wildman–Crippen MR) is 67.9 cm³/mol. The average Bonchev–Trinajstić information content (AvgIpc) is 2.52. The molecule has 2 rings (SSSR count). The van der Waals surface area contributed by atoms with Crippen molar-refractivity contribution in [3.63, 3.8) is 0 Å². The maximum atomic E-state index is 11.7. The van der Waals surface area contributed by atoms with Crippen LogP contribution in [0.2, 0.25) is 0 Å². The van der Waals surface area contributed by atoms with Gasteiger partial charge in [0.15, 0.2) is 0 Å². The number of carbonyl (C=O) groups excluding carboxylic acids is 1. The number of aldehydes is 1. The second-order valence-corrected chi connectivity index (χ2v) is 5.79. The summed E-state index contributed by atoms with van der Waals surface area (Å²) in [5.74, 6) is 0. The van der Waals surface area contributed by atoms with E-state index in [2.05, 4.69) is 13.8 Å². The quantitative estimate of drug-likeness (QED) is 0.796. The summed E-state index contributed by atoms with van der Waals surface area (Å²) in [4.78, 5) is 11.7. The fraction of sp³-hybridized carbons (Fsp3) is 0.533. The molecule has 1 aromatic rings. The molecular weight excluding hydrogens is 212 g/mol. The molecule has 1 fully saturated rings. The summed E-state index contributed by atoms with van der Waals surface area (Å²) in [5, 5.41) is 10.3. The topological polar surface area (TPSA) is 37.3 Å². The molecule has 0 heterocycles. The number of hydrogen-bond acceptors (Lipinski definition) is 2. The summed E-state index contributed by atoms with van der Waals surface area (Å²) in [5.41, 5.74) is 1.16. The van der Waals surface area contributed by atoms with Crippen molar-refractivity contribution in [1.82, 2.24) is 0 Å². The SMILES string of the molecule is Cc1ccc([C@@]2(C=O)[C@H](O)CCC2(C)C)cc1. The Morgan fingerprint density at radius 2 is 1.88 bits per heavy atom. The molecular formula is C15H20O2. The van der Waals surface area contributed by atoms with Gasteiger partial charge < -0.3 is 9.90 Å². The van der Waals surface area contributed by atoms with Gasteiger partial charge in [0.25, 0.3) is 0 Å². The lowest BCUT2D eigenvalue weighted by atomic mass is 9.64. The van der Waals surface area contributed by atoms with Gasteiger partial charge in [0.1, 0.15) is 6.29 Å². The van der Waals surface area contributed by atoms with Crippen molar-refractivity contribution in [2.24, 2.45) is 5.41 Å². The van der Waals surface area contributed by atoms with Gasteiger partial charge in [-0.15, -0.1) is 0 Å². The second-order valence-electron chi connectivity index (χ2n) is 5.79. The molecule has 0 amide bonds. The van der Waals surface area contributed by atoms with E-state index in [1.54, 1.807) is 0 Å². The van der Waals surface area contributed by atoms with E-state index in [1.165, 1.54) is 5.56 Å². The van der Waals surface area contributed by atoms with Gasteiger partial charge in [-0.05, 0) is 30.7 Å². The molecule has 0 radical (unpaired) electrons. The molecule has 1 aliphatic rings. The summed E-state index contributed by atoms with van der Waals surface area (Å²) in [7, 11) is 0. The van der Waals surface area contributed by atoms with E-state index in [-0.39, 0.29) is 5.41 Å². The van der Waals surface area contributed by atoms with E-state index in [0.717, 1.165) is 18.3 Å².